The molecule has 4 heteroatoms. The molecule has 0 aromatic heterocycles. The number of hydrogen-bond acceptors (Lipinski definition) is 4. The van der Waals surface area contributed by atoms with Gasteiger partial charge in [0.05, 0.1) is 32.1 Å². The smallest absolute Gasteiger partial charge is 0.141 e. The van der Waals surface area contributed by atoms with E-state index in [4.69, 9.17) is 14.9 Å². The Kier molecular flexibility index (Phi) is 4.99. The van der Waals surface area contributed by atoms with E-state index in [2.05, 4.69) is 26.1 Å². The van der Waals surface area contributed by atoms with Gasteiger partial charge in [-0.05, 0) is 23.1 Å². The van der Waals surface area contributed by atoms with Crippen molar-refractivity contribution in [3.63, 3.8) is 0 Å². The lowest BCUT2D eigenvalue weighted by Crippen LogP contribution is -2.28. The van der Waals surface area contributed by atoms with Crippen molar-refractivity contribution >= 4 is 5.69 Å². The Labute approximate surface area is 109 Å². The van der Waals surface area contributed by atoms with Gasteiger partial charge in [0, 0.05) is 0 Å². The van der Waals surface area contributed by atoms with Gasteiger partial charge < -0.3 is 20.3 Å². The molecule has 0 fully saturated rings. The number of ether oxygens (including phenoxy) is 1. The van der Waals surface area contributed by atoms with Crippen LogP contribution in [0.5, 0.6) is 5.75 Å². The molecule has 0 aliphatic carbocycles. The number of aliphatic hydroxyl groups excluding tert-OH is 2. The van der Waals surface area contributed by atoms with E-state index in [9.17, 15) is 0 Å². The van der Waals surface area contributed by atoms with Gasteiger partial charge in [-0.2, -0.15) is 0 Å². The molecular weight excluding hydrogens is 230 g/mol. The number of methoxy groups -OCH3 is 1. The molecule has 0 amide bonds. The minimum Gasteiger partial charge on any atom is -0.495 e. The van der Waals surface area contributed by atoms with Gasteiger partial charge in [0.2, 0.25) is 0 Å². The van der Waals surface area contributed by atoms with Gasteiger partial charge in [-0.1, -0.05) is 26.8 Å². The van der Waals surface area contributed by atoms with E-state index in [0.29, 0.717) is 5.75 Å². The zero-order chi connectivity index (χ0) is 13.8. The van der Waals surface area contributed by atoms with Crippen LogP contribution in [0, 0.1) is 0 Å². The fourth-order valence-corrected chi connectivity index (χ4v) is 1.66. The van der Waals surface area contributed by atoms with Gasteiger partial charge in [-0.25, -0.2) is 0 Å². The van der Waals surface area contributed by atoms with E-state index in [1.165, 1.54) is 5.56 Å². The largest absolute Gasteiger partial charge is 0.495 e. The van der Waals surface area contributed by atoms with Crippen LogP contribution in [-0.4, -0.2) is 36.6 Å². The topological polar surface area (TPSA) is 61.7 Å². The lowest BCUT2D eigenvalue weighted by atomic mass is 9.86. The van der Waals surface area contributed by atoms with Crippen molar-refractivity contribution in [1.82, 2.24) is 0 Å². The molecule has 1 rings (SSSR count). The van der Waals surface area contributed by atoms with Gasteiger partial charge >= 0.3 is 0 Å². The summed E-state index contributed by atoms with van der Waals surface area (Å²) in [6, 6.07) is 5.54. The standard InChI is InChI=1S/C14H23NO3/c1-14(2,3)10-5-6-13(18-4)12(7-10)15-11(8-16)9-17/h5-7,11,15-17H,8-9H2,1-4H3. The quantitative estimate of drug-likeness (QED) is 0.748. The van der Waals surface area contributed by atoms with Crippen molar-refractivity contribution in [1.29, 1.82) is 0 Å². The van der Waals surface area contributed by atoms with Crippen LogP contribution in [0.1, 0.15) is 26.3 Å². The van der Waals surface area contributed by atoms with E-state index in [1.807, 2.05) is 18.2 Å². The Bertz CT molecular complexity index is 381. The van der Waals surface area contributed by atoms with Gasteiger partial charge in [-0.3, -0.25) is 0 Å². The molecule has 3 N–H and O–H groups in total. The Morgan fingerprint density at radius 2 is 1.83 bits per heavy atom. The monoisotopic (exact) mass is 253 g/mol. The lowest BCUT2D eigenvalue weighted by molar-refractivity contribution is 0.203. The molecule has 1 aromatic carbocycles. The van der Waals surface area contributed by atoms with Crippen LogP contribution in [0.3, 0.4) is 0 Å². The molecule has 0 atom stereocenters. The van der Waals surface area contributed by atoms with E-state index >= 15 is 0 Å². The molecule has 102 valence electrons. The predicted octanol–water partition coefficient (Wildman–Crippen LogP) is 1.76. The lowest BCUT2D eigenvalue weighted by Gasteiger charge is -2.23. The third kappa shape index (κ3) is 3.62. The summed E-state index contributed by atoms with van der Waals surface area (Å²) in [7, 11) is 1.60. The predicted molar refractivity (Wildman–Crippen MR) is 73.3 cm³/mol. The molecule has 0 unspecified atom stereocenters. The Balaban J connectivity index is 3.06. The highest BCUT2D eigenvalue weighted by Gasteiger charge is 2.17. The van der Waals surface area contributed by atoms with Crippen LogP contribution < -0.4 is 10.1 Å². The summed E-state index contributed by atoms with van der Waals surface area (Å²) in [4.78, 5) is 0. The molecule has 0 bridgehead atoms. The van der Waals surface area contributed by atoms with E-state index in [1.54, 1.807) is 7.11 Å². The molecule has 0 spiro atoms. The number of aliphatic hydroxyl groups is 2. The van der Waals surface area contributed by atoms with Crippen molar-refractivity contribution < 1.29 is 14.9 Å². The first-order valence-corrected chi connectivity index (χ1v) is 6.09. The molecule has 18 heavy (non-hydrogen) atoms. The number of rotatable bonds is 5. The fourth-order valence-electron chi connectivity index (χ4n) is 1.66. The van der Waals surface area contributed by atoms with E-state index in [0.717, 1.165) is 5.69 Å². The number of hydrogen-bond donors (Lipinski definition) is 3. The molecule has 0 heterocycles. The average Bonchev–Trinajstić information content (AvgIpc) is 2.34. The maximum Gasteiger partial charge on any atom is 0.141 e. The molecule has 1 aromatic rings. The molecule has 0 radical (unpaired) electrons. The molecule has 0 aliphatic heterocycles. The summed E-state index contributed by atoms with van der Waals surface area (Å²) in [5.74, 6) is 0.704. The minimum atomic E-state index is -0.380. The van der Waals surface area contributed by atoms with Gasteiger partial charge in [0.25, 0.3) is 0 Å². The summed E-state index contributed by atoms with van der Waals surface area (Å²) in [5, 5.41) is 21.3. The first kappa shape index (κ1) is 14.8. The van der Waals surface area contributed by atoms with Crippen molar-refractivity contribution in [2.75, 3.05) is 25.6 Å². The fraction of sp³-hybridized carbons (Fsp3) is 0.571. The van der Waals surface area contributed by atoms with Crippen LogP contribution in [0.15, 0.2) is 18.2 Å². The van der Waals surface area contributed by atoms with Crippen LogP contribution in [0.4, 0.5) is 5.69 Å². The maximum absolute atomic E-state index is 9.12. The molecule has 0 saturated heterocycles. The second-order valence-corrected chi connectivity index (χ2v) is 5.37. The first-order chi connectivity index (χ1) is 8.42. The summed E-state index contributed by atoms with van der Waals surface area (Å²) in [6.07, 6.45) is 0. The summed E-state index contributed by atoms with van der Waals surface area (Å²) >= 11 is 0. The van der Waals surface area contributed by atoms with Crippen LogP contribution in [0.2, 0.25) is 0 Å². The van der Waals surface area contributed by atoms with Crippen molar-refractivity contribution in [2.45, 2.75) is 32.2 Å². The van der Waals surface area contributed by atoms with Crippen molar-refractivity contribution in [3.05, 3.63) is 23.8 Å². The molecule has 4 nitrogen and oxygen atoms in total. The van der Waals surface area contributed by atoms with E-state index in [-0.39, 0.29) is 24.7 Å². The number of benzene rings is 1. The second-order valence-electron chi connectivity index (χ2n) is 5.37. The van der Waals surface area contributed by atoms with E-state index < -0.39 is 0 Å². The summed E-state index contributed by atoms with van der Waals surface area (Å²) in [5.41, 5.74) is 2.00. The minimum absolute atomic E-state index is 0.0383. The zero-order valence-corrected chi connectivity index (χ0v) is 11.5. The Morgan fingerprint density at radius 1 is 1.22 bits per heavy atom. The number of anilines is 1. The molecular formula is C14H23NO3. The van der Waals surface area contributed by atoms with Crippen molar-refractivity contribution in [2.24, 2.45) is 0 Å². The highest BCUT2D eigenvalue weighted by molar-refractivity contribution is 5.59. The van der Waals surface area contributed by atoms with Gasteiger partial charge in [0.15, 0.2) is 0 Å². The number of nitrogens with one attached hydrogen (secondary N) is 1. The Morgan fingerprint density at radius 3 is 2.28 bits per heavy atom. The second kappa shape index (κ2) is 6.07. The zero-order valence-electron chi connectivity index (χ0n) is 11.5. The average molecular weight is 253 g/mol. The SMILES string of the molecule is COc1ccc(C(C)(C)C)cc1NC(CO)CO. The third-order valence-electron chi connectivity index (χ3n) is 2.87. The molecule has 0 aliphatic rings. The third-order valence-corrected chi connectivity index (χ3v) is 2.87. The van der Waals surface area contributed by atoms with Crippen LogP contribution in [0.25, 0.3) is 0 Å². The van der Waals surface area contributed by atoms with Crippen molar-refractivity contribution in [3.8, 4) is 5.75 Å². The highest BCUT2D eigenvalue weighted by atomic mass is 16.5. The van der Waals surface area contributed by atoms with Crippen LogP contribution >= 0.6 is 0 Å². The Hall–Kier alpha value is -1.26. The maximum atomic E-state index is 9.12. The van der Waals surface area contributed by atoms with Crippen LogP contribution in [-0.2, 0) is 5.41 Å². The van der Waals surface area contributed by atoms with Gasteiger partial charge in [0.1, 0.15) is 5.75 Å². The highest BCUT2D eigenvalue weighted by Crippen LogP contribution is 2.31. The normalized spacial score (nSPS) is 11.7. The summed E-state index contributed by atoms with van der Waals surface area (Å²) < 4.78 is 5.28. The first-order valence-electron chi connectivity index (χ1n) is 6.09. The molecule has 0 saturated carbocycles. The van der Waals surface area contributed by atoms with Gasteiger partial charge in [-0.15, -0.1) is 0 Å². The summed E-state index contributed by atoms with van der Waals surface area (Å²) in [6.45, 7) is 6.15.